The van der Waals surface area contributed by atoms with Crippen molar-refractivity contribution in [2.24, 2.45) is 23.7 Å². The van der Waals surface area contributed by atoms with Gasteiger partial charge in [0.1, 0.15) is 11.6 Å². The molecule has 212 valence electrons. The van der Waals surface area contributed by atoms with Crippen molar-refractivity contribution < 1.29 is 35.8 Å². The predicted octanol–water partition coefficient (Wildman–Crippen LogP) is 10.3. The van der Waals surface area contributed by atoms with Gasteiger partial charge in [0, 0.05) is 11.6 Å². The highest BCUT2D eigenvalue weighted by molar-refractivity contribution is 5.66. The summed E-state index contributed by atoms with van der Waals surface area (Å²) in [6.45, 7) is 2.04. The number of benzene rings is 2. The van der Waals surface area contributed by atoms with Crippen LogP contribution in [0, 0.1) is 35.3 Å². The number of alkyl halides is 2. The quantitative estimate of drug-likeness (QED) is 0.175. The number of hydrogen-bond acceptors (Lipinski definition) is 2. The normalized spacial score (nSPS) is 24.0. The summed E-state index contributed by atoms with van der Waals surface area (Å²) in [6, 6.07) is 6.57. The maximum absolute atomic E-state index is 15.0. The lowest BCUT2D eigenvalue weighted by molar-refractivity contribution is -0.224. The minimum Gasteiger partial charge on any atom is -0.456 e. The third-order valence-corrected chi connectivity index (χ3v) is 8.22. The Morgan fingerprint density at radius 2 is 1.54 bits per heavy atom. The number of ether oxygens (including phenoxy) is 2. The molecular formula is C31H34F6O2. The lowest BCUT2D eigenvalue weighted by atomic mass is 9.68. The van der Waals surface area contributed by atoms with E-state index in [0.29, 0.717) is 24.7 Å². The molecule has 0 aliphatic heterocycles. The summed E-state index contributed by atoms with van der Waals surface area (Å²) in [6.07, 6.45) is 6.95. The Bertz CT molecular complexity index is 1160. The summed E-state index contributed by atoms with van der Waals surface area (Å²) in [5.74, 6) is -1.75. The average Bonchev–Trinajstić information content (AvgIpc) is 2.91. The van der Waals surface area contributed by atoms with Gasteiger partial charge in [-0.25, -0.2) is 8.78 Å². The van der Waals surface area contributed by atoms with Crippen molar-refractivity contribution in [3.8, 4) is 22.6 Å². The Balaban J connectivity index is 1.32. The molecule has 2 aromatic rings. The molecule has 4 rings (SSSR count). The first-order chi connectivity index (χ1) is 18.7. The topological polar surface area (TPSA) is 18.5 Å². The van der Waals surface area contributed by atoms with E-state index in [9.17, 15) is 17.6 Å². The van der Waals surface area contributed by atoms with Gasteiger partial charge in [-0.3, -0.25) is 0 Å². The van der Waals surface area contributed by atoms with Crippen molar-refractivity contribution in [1.29, 1.82) is 0 Å². The molecule has 0 spiro atoms. The minimum absolute atomic E-state index is 0.0516. The van der Waals surface area contributed by atoms with Crippen LogP contribution in [-0.4, -0.2) is 6.11 Å². The Labute approximate surface area is 225 Å². The highest BCUT2D eigenvalue weighted by Gasteiger charge is 2.45. The van der Waals surface area contributed by atoms with Crippen LogP contribution in [-0.2, 0) is 0 Å². The highest BCUT2D eigenvalue weighted by atomic mass is 19.3. The van der Waals surface area contributed by atoms with Gasteiger partial charge < -0.3 is 9.47 Å². The van der Waals surface area contributed by atoms with Crippen LogP contribution < -0.4 is 9.47 Å². The number of rotatable bonds is 9. The highest BCUT2D eigenvalue weighted by Crippen LogP contribution is 2.46. The maximum atomic E-state index is 15.0. The van der Waals surface area contributed by atoms with Gasteiger partial charge in [-0.2, -0.15) is 17.6 Å². The molecule has 0 aromatic heterocycles. The van der Waals surface area contributed by atoms with E-state index in [0.717, 1.165) is 43.4 Å². The molecule has 0 bridgehead atoms. The molecule has 0 radical (unpaired) electrons. The molecule has 8 heteroatoms. The molecule has 39 heavy (non-hydrogen) atoms. The molecule has 0 unspecified atom stereocenters. The molecule has 0 saturated heterocycles. The molecule has 2 aliphatic carbocycles. The van der Waals surface area contributed by atoms with Crippen molar-refractivity contribution in [2.75, 3.05) is 0 Å². The average molecular weight is 553 g/mol. The van der Waals surface area contributed by atoms with E-state index in [-0.39, 0.29) is 23.1 Å². The van der Waals surface area contributed by atoms with Gasteiger partial charge in [0.25, 0.3) is 0 Å². The van der Waals surface area contributed by atoms with Crippen LogP contribution in [0.5, 0.6) is 11.5 Å². The van der Waals surface area contributed by atoms with Crippen LogP contribution in [0.15, 0.2) is 60.9 Å². The zero-order chi connectivity index (χ0) is 28.0. The molecule has 2 nitrogen and oxygen atoms in total. The Morgan fingerprint density at radius 1 is 0.872 bits per heavy atom. The van der Waals surface area contributed by atoms with Crippen LogP contribution in [0.2, 0.25) is 0 Å². The maximum Gasteiger partial charge on any atom is 0.400 e. The van der Waals surface area contributed by atoms with Gasteiger partial charge in [0.05, 0.1) is 5.92 Å². The summed E-state index contributed by atoms with van der Waals surface area (Å²) in [5.41, 5.74) is 0.0406. The Hall–Kier alpha value is -2.90. The zero-order valence-corrected chi connectivity index (χ0v) is 22.0. The number of hydrogen-bond donors (Lipinski definition) is 0. The predicted molar refractivity (Wildman–Crippen MR) is 139 cm³/mol. The fraction of sp³-hybridized carbons (Fsp3) is 0.484. The van der Waals surface area contributed by atoms with E-state index in [4.69, 9.17) is 4.74 Å². The second-order valence-corrected chi connectivity index (χ2v) is 10.7. The van der Waals surface area contributed by atoms with Gasteiger partial charge in [0.2, 0.25) is 0 Å². The first-order valence-corrected chi connectivity index (χ1v) is 13.6. The van der Waals surface area contributed by atoms with Crippen LogP contribution in [0.25, 0.3) is 11.1 Å². The standard InChI is InChI=1S/C31H34F6O2/c1-2-3-4-20-5-7-21(8-6-20)22-9-12-24(13-10-22)31(36,37)39-25-14-15-26(27(32)18-25)23-11-16-29(28(33)17-23)38-19-30(34)35/h2-3,11,14-22,24H,4-10,12-13H2,1H3. The first kappa shape index (κ1) is 29.1. The van der Waals surface area contributed by atoms with Crippen LogP contribution in [0.4, 0.5) is 26.3 Å². The fourth-order valence-electron chi connectivity index (χ4n) is 6.06. The minimum atomic E-state index is -3.44. The van der Waals surface area contributed by atoms with E-state index < -0.39 is 35.5 Å². The largest absolute Gasteiger partial charge is 0.456 e. The Morgan fingerprint density at radius 3 is 2.13 bits per heavy atom. The van der Waals surface area contributed by atoms with Crippen LogP contribution in [0.3, 0.4) is 0 Å². The lowest BCUT2D eigenvalue weighted by Gasteiger charge is -2.39. The third kappa shape index (κ3) is 7.61. The lowest BCUT2D eigenvalue weighted by Crippen LogP contribution is -2.38. The van der Waals surface area contributed by atoms with Crippen molar-refractivity contribution in [1.82, 2.24) is 0 Å². The van der Waals surface area contributed by atoms with Crippen molar-refractivity contribution >= 4 is 0 Å². The van der Waals surface area contributed by atoms with E-state index >= 15 is 8.78 Å². The smallest absolute Gasteiger partial charge is 0.400 e. The summed E-state index contributed by atoms with van der Waals surface area (Å²) in [5, 5.41) is 0. The molecular weight excluding hydrogens is 518 g/mol. The molecule has 0 N–H and O–H groups in total. The summed E-state index contributed by atoms with van der Waals surface area (Å²) >= 11 is 0. The molecule has 2 saturated carbocycles. The van der Waals surface area contributed by atoms with Crippen molar-refractivity contribution in [3.63, 3.8) is 0 Å². The molecule has 2 aliphatic rings. The Kier molecular flexibility index (Phi) is 9.67. The first-order valence-electron chi connectivity index (χ1n) is 13.6. The molecule has 0 amide bonds. The third-order valence-electron chi connectivity index (χ3n) is 8.22. The van der Waals surface area contributed by atoms with Gasteiger partial charge in [-0.15, -0.1) is 0 Å². The second-order valence-electron chi connectivity index (χ2n) is 10.7. The van der Waals surface area contributed by atoms with Gasteiger partial charge in [-0.1, -0.05) is 18.2 Å². The molecule has 2 aromatic carbocycles. The van der Waals surface area contributed by atoms with Crippen LogP contribution >= 0.6 is 0 Å². The SMILES string of the molecule is CC=CCC1CCC(C2CCC(C(F)(F)Oc3ccc(-c4ccc(OC=C(F)F)c(F)c4)c(F)c3)CC2)CC1. The zero-order valence-electron chi connectivity index (χ0n) is 22.0. The van der Waals surface area contributed by atoms with E-state index in [2.05, 4.69) is 16.9 Å². The molecule has 0 heterocycles. The fourth-order valence-corrected chi connectivity index (χ4v) is 6.06. The summed E-state index contributed by atoms with van der Waals surface area (Å²) in [7, 11) is 0. The van der Waals surface area contributed by atoms with Gasteiger partial charge in [-0.05, 0) is 112 Å². The summed E-state index contributed by atoms with van der Waals surface area (Å²) in [4.78, 5) is 0. The summed E-state index contributed by atoms with van der Waals surface area (Å²) < 4.78 is 92.9. The molecule has 2 fully saturated rings. The van der Waals surface area contributed by atoms with Gasteiger partial charge >= 0.3 is 12.2 Å². The van der Waals surface area contributed by atoms with Crippen LogP contribution in [0.1, 0.15) is 64.7 Å². The van der Waals surface area contributed by atoms with Crippen molar-refractivity contribution in [3.05, 3.63) is 72.5 Å². The second kappa shape index (κ2) is 13.0. The monoisotopic (exact) mass is 552 g/mol. The van der Waals surface area contributed by atoms with E-state index in [1.54, 1.807) is 0 Å². The molecule has 0 atom stereocenters. The van der Waals surface area contributed by atoms with E-state index in [1.807, 2.05) is 6.92 Å². The van der Waals surface area contributed by atoms with E-state index in [1.165, 1.54) is 43.9 Å². The number of allylic oxidation sites excluding steroid dienone is 2. The van der Waals surface area contributed by atoms with Crippen molar-refractivity contribution in [2.45, 2.75) is 70.8 Å². The number of halogens is 6. The van der Waals surface area contributed by atoms with Gasteiger partial charge in [0.15, 0.2) is 17.8 Å².